The summed E-state index contributed by atoms with van der Waals surface area (Å²) in [7, 11) is 0. The number of nitrogens with one attached hydrogen (secondary N) is 2. The normalized spacial score (nSPS) is 10.6. The number of hydrogen-bond donors (Lipinski definition) is 3. The third-order valence-electron chi connectivity index (χ3n) is 3.08. The molecule has 0 radical (unpaired) electrons. The van der Waals surface area contributed by atoms with Crippen molar-refractivity contribution in [3.8, 4) is 11.5 Å². The highest BCUT2D eigenvalue weighted by Gasteiger charge is 2.03. The summed E-state index contributed by atoms with van der Waals surface area (Å²) in [5, 5.41) is 16.2. The van der Waals surface area contributed by atoms with Crippen molar-refractivity contribution < 1.29 is 14.6 Å². The van der Waals surface area contributed by atoms with Crippen molar-refractivity contribution in [3.63, 3.8) is 0 Å². The summed E-state index contributed by atoms with van der Waals surface area (Å²) in [6, 6.07) is 9.86. The van der Waals surface area contributed by atoms with E-state index in [1.807, 2.05) is 26.0 Å². The first-order chi connectivity index (χ1) is 11.5. The number of hydrogen-bond acceptors (Lipinski definition) is 4. The van der Waals surface area contributed by atoms with Crippen molar-refractivity contribution >= 4 is 33.9 Å². The van der Waals surface area contributed by atoms with Crippen LogP contribution in [0.2, 0.25) is 0 Å². The molecule has 0 heterocycles. The first kappa shape index (κ1) is 17.8. The Kier molecular flexibility index (Phi) is 6.20. The molecular weight excluding hydrogens is 374 g/mol. The van der Waals surface area contributed by atoms with E-state index < -0.39 is 6.03 Å². The molecule has 0 atom stereocenters. The number of anilines is 1. The molecule has 0 unspecified atom stereocenters. The number of nitrogens with zero attached hydrogens (tertiary/aromatic N) is 1. The third-order valence-corrected chi connectivity index (χ3v) is 3.97. The molecule has 0 saturated carbocycles. The number of aryl methyl sites for hydroxylation is 1. The highest BCUT2D eigenvalue weighted by molar-refractivity contribution is 9.10. The maximum Gasteiger partial charge on any atom is 0.339 e. The first-order valence-electron chi connectivity index (χ1n) is 7.31. The van der Waals surface area contributed by atoms with Gasteiger partial charge in [-0.15, -0.1) is 0 Å². The summed E-state index contributed by atoms with van der Waals surface area (Å²) in [5.74, 6) is 0.432. The van der Waals surface area contributed by atoms with E-state index in [9.17, 15) is 9.90 Å². The lowest BCUT2D eigenvalue weighted by molar-refractivity contribution is 0.252. The van der Waals surface area contributed by atoms with E-state index in [0.29, 0.717) is 23.6 Å². The van der Waals surface area contributed by atoms with Gasteiger partial charge in [0.2, 0.25) is 0 Å². The molecule has 2 rings (SSSR count). The van der Waals surface area contributed by atoms with Crippen LogP contribution in [0.4, 0.5) is 10.5 Å². The van der Waals surface area contributed by atoms with Crippen LogP contribution in [0.1, 0.15) is 18.1 Å². The molecule has 2 amide bonds. The Morgan fingerprint density at radius 2 is 2.12 bits per heavy atom. The predicted octanol–water partition coefficient (Wildman–Crippen LogP) is 4.02. The molecule has 6 nitrogen and oxygen atoms in total. The van der Waals surface area contributed by atoms with Gasteiger partial charge >= 0.3 is 6.03 Å². The number of carbonyl (C=O) groups is 1. The molecule has 7 heteroatoms. The summed E-state index contributed by atoms with van der Waals surface area (Å²) in [5.41, 5.74) is 4.77. The Hall–Kier alpha value is -2.54. The summed E-state index contributed by atoms with van der Waals surface area (Å²) >= 11 is 3.41. The first-order valence-corrected chi connectivity index (χ1v) is 8.11. The van der Waals surface area contributed by atoms with Crippen molar-refractivity contribution in [1.82, 2.24) is 5.43 Å². The van der Waals surface area contributed by atoms with Gasteiger partial charge in [-0.1, -0.05) is 15.9 Å². The minimum absolute atomic E-state index is 0.0605. The zero-order valence-electron chi connectivity index (χ0n) is 13.3. The van der Waals surface area contributed by atoms with Gasteiger partial charge in [0.1, 0.15) is 0 Å². The highest BCUT2D eigenvalue weighted by atomic mass is 79.9. The number of halogens is 1. The van der Waals surface area contributed by atoms with Gasteiger partial charge in [-0.25, -0.2) is 10.2 Å². The largest absolute Gasteiger partial charge is 0.504 e. The van der Waals surface area contributed by atoms with E-state index >= 15 is 0 Å². The van der Waals surface area contributed by atoms with Crippen molar-refractivity contribution in [2.45, 2.75) is 13.8 Å². The van der Waals surface area contributed by atoms with Crippen molar-refractivity contribution in [3.05, 3.63) is 52.0 Å². The maximum atomic E-state index is 11.8. The molecule has 2 aromatic rings. The third kappa shape index (κ3) is 4.99. The molecule has 0 bridgehead atoms. The van der Waals surface area contributed by atoms with E-state index in [1.165, 1.54) is 12.3 Å². The van der Waals surface area contributed by atoms with Crippen LogP contribution in [0.25, 0.3) is 0 Å². The van der Waals surface area contributed by atoms with Gasteiger partial charge in [-0.05, 0) is 61.4 Å². The van der Waals surface area contributed by atoms with Crippen LogP contribution in [0, 0.1) is 6.92 Å². The quantitative estimate of drug-likeness (QED) is 0.531. The minimum atomic E-state index is -0.447. The molecule has 2 aromatic carbocycles. The number of ether oxygens (including phenoxy) is 1. The summed E-state index contributed by atoms with van der Waals surface area (Å²) in [4.78, 5) is 11.8. The van der Waals surface area contributed by atoms with Gasteiger partial charge in [0.25, 0.3) is 0 Å². The molecule has 0 aromatic heterocycles. The Bertz CT molecular complexity index is 763. The molecule has 0 saturated heterocycles. The van der Waals surface area contributed by atoms with Crippen LogP contribution < -0.4 is 15.5 Å². The van der Waals surface area contributed by atoms with Gasteiger partial charge in [0.15, 0.2) is 11.5 Å². The van der Waals surface area contributed by atoms with Crippen molar-refractivity contribution in [1.29, 1.82) is 0 Å². The predicted molar refractivity (Wildman–Crippen MR) is 97.9 cm³/mol. The number of phenolic OH excluding ortho intramolecular Hbond substituents is 1. The molecule has 0 spiro atoms. The van der Waals surface area contributed by atoms with Crippen LogP contribution in [0.5, 0.6) is 11.5 Å². The second-order valence-corrected chi connectivity index (χ2v) is 5.80. The van der Waals surface area contributed by atoms with Crippen LogP contribution in [0.3, 0.4) is 0 Å². The second kappa shape index (κ2) is 8.35. The van der Waals surface area contributed by atoms with Gasteiger partial charge in [-0.3, -0.25) is 0 Å². The zero-order chi connectivity index (χ0) is 17.5. The SMILES string of the molecule is CCOc1cc(/C=N/NC(=O)Nc2ccc(Br)c(C)c2)ccc1O. The lowest BCUT2D eigenvalue weighted by Crippen LogP contribution is -2.24. The number of benzene rings is 2. The fourth-order valence-electron chi connectivity index (χ4n) is 1.93. The van der Waals surface area contributed by atoms with Crippen molar-refractivity contribution in [2.75, 3.05) is 11.9 Å². The van der Waals surface area contributed by atoms with Crippen LogP contribution in [-0.2, 0) is 0 Å². The van der Waals surface area contributed by atoms with Gasteiger partial charge in [-0.2, -0.15) is 5.10 Å². The van der Waals surface area contributed by atoms with Crippen LogP contribution in [0.15, 0.2) is 46.0 Å². The maximum absolute atomic E-state index is 11.8. The van der Waals surface area contributed by atoms with Gasteiger partial charge < -0.3 is 15.2 Å². The Morgan fingerprint density at radius 1 is 1.33 bits per heavy atom. The van der Waals surface area contributed by atoms with Gasteiger partial charge in [0, 0.05) is 10.2 Å². The van der Waals surface area contributed by atoms with E-state index in [0.717, 1.165) is 10.0 Å². The van der Waals surface area contributed by atoms with E-state index in [-0.39, 0.29) is 5.75 Å². The Balaban J connectivity index is 1.94. The standard InChI is InChI=1S/C17H18BrN3O3/c1-3-24-16-9-12(4-7-15(16)22)10-19-21-17(23)20-13-5-6-14(18)11(2)8-13/h4-10,22H,3H2,1-2H3,(H2,20,21,23)/b19-10+. The van der Waals surface area contributed by atoms with Crippen LogP contribution in [-0.4, -0.2) is 24.0 Å². The van der Waals surface area contributed by atoms with E-state index in [1.54, 1.807) is 18.2 Å². The Labute approximate surface area is 148 Å². The lowest BCUT2D eigenvalue weighted by atomic mass is 10.2. The number of phenols is 1. The molecule has 0 aliphatic heterocycles. The molecule has 24 heavy (non-hydrogen) atoms. The zero-order valence-corrected chi connectivity index (χ0v) is 14.9. The molecule has 126 valence electrons. The number of hydrazone groups is 1. The Morgan fingerprint density at radius 3 is 2.83 bits per heavy atom. The summed E-state index contributed by atoms with van der Waals surface area (Å²) < 4.78 is 6.27. The average molecular weight is 392 g/mol. The molecule has 0 aliphatic rings. The smallest absolute Gasteiger partial charge is 0.339 e. The number of amides is 2. The molecule has 0 aliphatic carbocycles. The summed E-state index contributed by atoms with van der Waals surface area (Å²) in [6.45, 7) is 4.21. The van der Waals surface area contributed by atoms with E-state index in [4.69, 9.17) is 4.74 Å². The van der Waals surface area contributed by atoms with Crippen LogP contribution >= 0.6 is 15.9 Å². The number of urea groups is 1. The number of rotatable bonds is 5. The van der Waals surface area contributed by atoms with Gasteiger partial charge in [0.05, 0.1) is 12.8 Å². The number of carbonyl (C=O) groups excluding carboxylic acids is 1. The average Bonchev–Trinajstić information content (AvgIpc) is 2.54. The monoisotopic (exact) mass is 391 g/mol. The molecular formula is C17H18BrN3O3. The fourth-order valence-corrected chi connectivity index (χ4v) is 2.18. The molecule has 0 fully saturated rings. The summed E-state index contributed by atoms with van der Waals surface area (Å²) in [6.07, 6.45) is 1.47. The van der Waals surface area contributed by atoms with E-state index in [2.05, 4.69) is 31.8 Å². The molecule has 3 N–H and O–H groups in total. The lowest BCUT2D eigenvalue weighted by Gasteiger charge is -2.07. The number of aromatic hydroxyl groups is 1. The fraction of sp³-hybridized carbons (Fsp3) is 0.176. The highest BCUT2D eigenvalue weighted by Crippen LogP contribution is 2.26. The minimum Gasteiger partial charge on any atom is -0.504 e. The second-order valence-electron chi connectivity index (χ2n) is 4.95. The topological polar surface area (TPSA) is 83.0 Å². The van der Waals surface area contributed by atoms with Crippen molar-refractivity contribution in [2.24, 2.45) is 5.10 Å².